The van der Waals surface area contributed by atoms with Gasteiger partial charge in [-0.3, -0.25) is 4.99 Å². The maximum atomic E-state index is 6.03. The van der Waals surface area contributed by atoms with E-state index in [1.807, 2.05) is 38.0 Å². The number of aliphatic imine (C=N–C) groups is 1. The number of benzene rings is 1. The molecular formula is C14H22Cl2IN3O. The van der Waals surface area contributed by atoms with Crippen LogP contribution in [0.4, 0.5) is 0 Å². The lowest BCUT2D eigenvalue weighted by Crippen LogP contribution is -2.35. The second-order valence-electron chi connectivity index (χ2n) is 4.75. The fourth-order valence-electron chi connectivity index (χ4n) is 1.70. The van der Waals surface area contributed by atoms with E-state index in [0.29, 0.717) is 28.9 Å². The van der Waals surface area contributed by atoms with Gasteiger partial charge in [-0.15, -0.1) is 24.0 Å². The molecule has 0 fully saturated rings. The summed E-state index contributed by atoms with van der Waals surface area (Å²) in [5.41, 5.74) is 0. The summed E-state index contributed by atoms with van der Waals surface area (Å²) in [6.07, 6.45) is 0.824. The molecule has 1 aromatic carbocycles. The fraction of sp³-hybridized carbons (Fsp3) is 0.500. The number of rotatable bonds is 5. The second kappa shape index (κ2) is 10.3. The zero-order chi connectivity index (χ0) is 15.1. The number of hydrogen-bond donors (Lipinski definition) is 0. The van der Waals surface area contributed by atoms with Crippen molar-refractivity contribution in [3.63, 3.8) is 0 Å². The second-order valence-corrected chi connectivity index (χ2v) is 5.59. The van der Waals surface area contributed by atoms with Crippen molar-refractivity contribution in [1.29, 1.82) is 0 Å². The quantitative estimate of drug-likeness (QED) is 0.298. The molecule has 1 aromatic rings. The van der Waals surface area contributed by atoms with Crippen LogP contribution in [0.5, 0.6) is 5.75 Å². The Balaban J connectivity index is 0.00000400. The van der Waals surface area contributed by atoms with E-state index in [4.69, 9.17) is 27.9 Å². The Morgan fingerprint density at radius 1 is 1.14 bits per heavy atom. The molecule has 0 unspecified atom stereocenters. The molecule has 0 radical (unpaired) electrons. The molecule has 0 atom stereocenters. The Kier molecular flexibility index (Phi) is 10.1. The molecular weight excluding hydrogens is 424 g/mol. The molecule has 0 bridgehead atoms. The molecule has 0 amide bonds. The lowest BCUT2D eigenvalue weighted by atomic mass is 10.3. The van der Waals surface area contributed by atoms with Gasteiger partial charge in [0.1, 0.15) is 5.75 Å². The van der Waals surface area contributed by atoms with Crippen LogP contribution in [-0.4, -0.2) is 57.1 Å². The van der Waals surface area contributed by atoms with Gasteiger partial charge in [0.25, 0.3) is 0 Å². The van der Waals surface area contributed by atoms with Crippen LogP contribution in [0.2, 0.25) is 10.0 Å². The number of ether oxygens (including phenoxy) is 1. The van der Waals surface area contributed by atoms with Crippen molar-refractivity contribution < 1.29 is 4.74 Å². The van der Waals surface area contributed by atoms with Gasteiger partial charge in [0.05, 0.1) is 11.6 Å². The van der Waals surface area contributed by atoms with E-state index < -0.39 is 0 Å². The predicted octanol–water partition coefficient (Wildman–Crippen LogP) is 3.86. The van der Waals surface area contributed by atoms with E-state index in [-0.39, 0.29) is 24.0 Å². The zero-order valence-corrected chi connectivity index (χ0v) is 16.6. The Labute approximate surface area is 154 Å². The third kappa shape index (κ3) is 7.42. The summed E-state index contributed by atoms with van der Waals surface area (Å²) < 4.78 is 5.61. The van der Waals surface area contributed by atoms with Gasteiger partial charge in [-0.25, -0.2) is 0 Å². The third-order valence-corrected chi connectivity index (χ3v) is 3.04. The van der Waals surface area contributed by atoms with E-state index >= 15 is 0 Å². The Bertz CT molecular complexity index is 458. The van der Waals surface area contributed by atoms with Gasteiger partial charge in [-0.05, 0) is 18.2 Å². The third-order valence-electron chi connectivity index (χ3n) is 2.51. The molecule has 0 aliphatic rings. The molecule has 0 aliphatic carbocycles. The van der Waals surface area contributed by atoms with Crippen LogP contribution in [0.3, 0.4) is 0 Å². The molecule has 120 valence electrons. The Morgan fingerprint density at radius 3 is 2.29 bits per heavy atom. The van der Waals surface area contributed by atoms with Crippen LogP contribution in [0.15, 0.2) is 23.2 Å². The zero-order valence-electron chi connectivity index (χ0n) is 12.8. The van der Waals surface area contributed by atoms with Crippen molar-refractivity contribution >= 4 is 53.1 Å². The highest BCUT2D eigenvalue weighted by atomic mass is 127. The molecule has 4 nitrogen and oxygen atoms in total. The number of halogens is 3. The molecule has 0 saturated heterocycles. The molecule has 0 spiro atoms. The van der Waals surface area contributed by atoms with E-state index in [1.165, 1.54) is 0 Å². The largest absolute Gasteiger partial charge is 0.492 e. The van der Waals surface area contributed by atoms with Crippen molar-refractivity contribution in [1.82, 2.24) is 9.80 Å². The first-order chi connectivity index (χ1) is 9.41. The van der Waals surface area contributed by atoms with Gasteiger partial charge in [0.15, 0.2) is 5.96 Å². The predicted molar refractivity (Wildman–Crippen MR) is 102 cm³/mol. The van der Waals surface area contributed by atoms with E-state index in [9.17, 15) is 0 Å². The summed E-state index contributed by atoms with van der Waals surface area (Å²) in [4.78, 5) is 8.49. The minimum Gasteiger partial charge on any atom is -0.492 e. The average molecular weight is 446 g/mol. The fourth-order valence-corrected chi connectivity index (χ4v) is 2.16. The number of hydrogen-bond acceptors (Lipinski definition) is 2. The van der Waals surface area contributed by atoms with Gasteiger partial charge in [0.2, 0.25) is 0 Å². The minimum atomic E-state index is 0. The van der Waals surface area contributed by atoms with E-state index in [1.54, 1.807) is 18.2 Å². The van der Waals surface area contributed by atoms with Crippen molar-refractivity contribution in [2.24, 2.45) is 4.99 Å². The van der Waals surface area contributed by atoms with Crippen LogP contribution < -0.4 is 4.74 Å². The Morgan fingerprint density at radius 2 is 1.76 bits per heavy atom. The van der Waals surface area contributed by atoms with Crippen molar-refractivity contribution in [2.75, 3.05) is 41.3 Å². The lowest BCUT2D eigenvalue weighted by molar-refractivity contribution is 0.313. The average Bonchev–Trinajstić information content (AvgIpc) is 2.34. The van der Waals surface area contributed by atoms with E-state index in [0.717, 1.165) is 12.4 Å². The number of nitrogens with zero attached hydrogens (tertiary/aromatic N) is 3. The minimum absolute atomic E-state index is 0. The molecule has 21 heavy (non-hydrogen) atoms. The van der Waals surface area contributed by atoms with Crippen molar-refractivity contribution in [2.45, 2.75) is 6.42 Å². The van der Waals surface area contributed by atoms with Crippen molar-refractivity contribution in [3.8, 4) is 5.75 Å². The first-order valence-electron chi connectivity index (χ1n) is 6.38. The molecule has 0 heterocycles. The molecule has 0 N–H and O–H groups in total. The lowest BCUT2D eigenvalue weighted by Gasteiger charge is -2.22. The van der Waals surface area contributed by atoms with Gasteiger partial charge in [-0.1, -0.05) is 23.2 Å². The van der Waals surface area contributed by atoms with Crippen LogP contribution >= 0.6 is 47.2 Å². The first-order valence-corrected chi connectivity index (χ1v) is 7.14. The molecule has 1 rings (SSSR count). The molecule has 0 aliphatic heterocycles. The van der Waals surface area contributed by atoms with Gasteiger partial charge in [-0.2, -0.15) is 0 Å². The summed E-state index contributed by atoms with van der Waals surface area (Å²) in [5, 5.41) is 1.14. The highest BCUT2D eigenvalue weighted by Gasteiger charge is 2.04. The van der Waals surface area contributed by atoms with Crippen LogP contribution in [0, 0.1) is 0 Å². The normalized spacial score (nSPS) is 9.62. The van der Waals surface area contributed by atoms with Crippen molar-refractivity contribution in [3.05, 3.63) is 28.2 Å². The first kappa shape index (κ1) is 20.6. The maximum absolute atomic E-state index is 6.03. The summed E-state index contributed by atoms with van der Waals surface area (Å²) in [6, 6.07) is 5.21. The maximum Gasteiger partial charge on any atom is 0.195 e. The number of guanidine groups is 1. The van der Waals surface area contributed by atoms with Gasteiger partial charge >= 0.3 is 0 Å². The summed E-state index contributed by atoms with van der Waals surface area (Å²) in [5.74, 6) is 1.59. The highest BCUT2D eigenvalue weighted by molar-refractivity contribution is 14.0. The summed E-state index contributed by atoms with van der Waals surface area (Å²) >= 11 is 11.9. The van der Waals surface area contributed by atoms with Crippen LogP contribution in [0.25, 0.3) is 0 Å². The monoisotopic (exact) mass is 445 g/mol. The molecule has 7 heteroatoms. The summed E-state index contributed by atoms with van der Waals surface area (Å²) in [6.45, 7) is 1.27. The summed E-state index contributed by atoms with van der Waals surface area (Å²) in [7, 11) is 7.90. The van der Waals surface area contributed by atoms with E-state index in [2.05, 4.69) is 4.99 Å². The standard InChI is InChI=1S/C14H21Cl2N3O.HI/c1-18(2)14(19(3)4)17-8-5-9-20-13-7-6-11(15)10-12(13)16;/h6-7,10H,5,8-9H2,1-4H3;1H. The molecule has 0 saturated carbocycles. The molecule has 0 aromatic heterocycles. The Hall–Kier alpha value is -0.400. The SMILES string of the molecule is CN(C)C(=NCCCOc1ccc(Cl)cc1Cl)N(C)C.I. The topological polar surface area (TPSA) is 28.1 Å². The van der Waals surface area contributed by atoms with Crippen LogP contribution in [0.1, 0.15) is 6.42 Å². The smallest absolute Gasteiger partial charge is 0.195 e. The van der Waals surface area contributed by atoms with Crippen LogP contribution in [-0.2, 0) is 0 Å². The highest BCUT2D eigenvalue weighted by Crippen LogP contribution is 2.27. The van der Waals surface area contributed by atoms with Gasteiger partial charge < -0.3 is 14.5 Å². The van der Waals surface area contributed by atoms with Gasteiger partial charge in [0, 0.05) is 46.2 Å².